The second-order valence-corrected chi connectivity index (χ2v) is 7.95. The van der Waals surface area contributed by atoms with Crippen molar-refractivity contribution in [3.8, 4) is 5.75 Å². The van der Waals surface area contributed by atoms with Crippen LogP contribution in [0.5, 0.6) is 5.75 Å². The molecule has 0 aliphatic carbocycles. The molecular formula is C20H21F3N6O. The van der Waals surface area contributed by atoms with Gasteiger partial charge in [-0.15, -0.1) is 15.3 Å². The molecule has 0 spiro atoms. The van der Waals surface area contributed by atoms with Gasteiger partial charge in [0.15, 0.2) is 5.65 Å². The van der Waals surface area contributed by atoms with Crippen LogP contribution in [0.1, 0.15) is 11.4 Å². The fourth-order valence-corrected chi connectivity index (χ4v) is 4.52. The molecule has 2 aliphatic heterocycles. The molecular weight excluding hydrogens is 397 g/mol. The van der Waals surface area contributed by atoms with E-state index in [0.29, 0.717) is 17.7 Å². The molecule has 0 radical (unpaired) electrons. The number of nitrogens with zero attached hydrogens (tertiary/aromatic N) is 6. The molecule has 2 atom stereocenters. The fraction of sp³-hybridized carbons (Fsp3) is 0.450. The van der Waals surface area contributed by atoms with Gasteiger partial charge in [-0.05, 0) is 41.7 Å². The Hall–Kier alpha value is -2.88. The average molecular weight is 418 g/mol. The predicted octanol–water partition coefficient (Wildman–Crippen LogP) is 2.72. The molecule has 2 unspecified atom stereocenters. The van der Waals surface area contributed by atoms with E-state index in [2.05, 4.69) is 37.2 Å². The van der Waals surface area contributed by atoms with E-state index in [1.54, 1.807) is 13.2 Å². The Bertz CT molecular complexity index is 1040. The molecule has 2 aromatic heterocycles. The van der Waals surface area contributed by atoms with Crippen molar-refractivity contribution in [1.82, 2.24) is 24.7 Å². The summed E-state index contributed by atoms with van der Waals surface area (Å²) < 4.78 is 45.4. The van der Waals surface area contributed by atoms with Crippen LogP contribution in [0.25, 0.3) is 5.65 Å². The van der Waals surface area contributed by atoms with Gasteiger partial charge in [0.1, 0.15) is 11.6 Å². The zero-order valence-corrected chi connectivity index (χ0v) is 16.4. The van der Waals surface area contributed by atoms with Crippen molar-refractivity contribution in [2.75, 3.05) is 38.2 Å². The lowest BCUT2D eigenvalue weighted by Crippen LogP contribution is -2.29. The molecule has 30 heavy (non-hydrogen) atoms. The molecule has 0 N–H and O–H groups in total. The number of ether oxygens (including phenoxy) is 1. The number of benzene rings is 1. The largest absolute Gasteiger partial charge is 0.497 e. The third kappa shape index (κ3) is 3.45. The van der Waals surface area contributed by atoms with E-state index in [4.69, 9.17) is 4.74 Å². The monoisotopic (exact) mass is 418 g/mol. The Morgan fingerprint density at radius 3 is 2.30 bits per heavy atom. The van der Waals surface area contributed by atoms with Crippen molar-refractivity contribution in [2.45, 2.75) is 12.7 Å². The van der Waals surface area contributed by atoms with Crippen molar-refractivity contribution < 1.29 is 17.9 Å². The third-order valence-corrected chi connectivity index (χ3v) is 5.95. The number of aromatic nitrogens is 4. The number of rotatable bonds is 4. The van der Waals surface area contributed by atoms with Crippen LogP contribution in [0.4, 0.5) is 19.0 Å². The first-order valence-electron chi connectivity index (χ1n) is 9.80. The fourth-order valence-electron chi connectivity index (χ4n) is 4.52. The second-order valence-electron chi connectivity index (χ2n) is 7.95. The van der Waals surface area contributed by atoms with Gasteiger partial charge < -0.3 is 9.64 Å². The summed E-state index contributed by atoms with van der Waals surface area (Å²) in [5.74, 6) is 1.24. The van der Waals surface area contributed by atoms with E-state index in [1.165, 1.54) is 11.6 Å². The van der Waals surface area contributed by atoms with Gasteiger partial charge in [-0.25, -0.2) is 0 Å². The maximum absolute atomic E-state index is 13.1. The molecule has 2 saturated heterocycles. The summed E-state index contributed by atoms with van der Waals surface area (Å²) in [6.07, 6.45) is -4.59. The van der Waals surface area contributed by atoms with Crippen LogP contribution < -0.4 is 9.64 Å². The first-order chi connectivity index (χ1) is 14.4. The predicted molar refractivity (Wildman–Crippen MR) is 103 cm³/mol. The Morgan fingerprint density at radius 2 is 1.67 bits per heavy atom. The zero-order valence-electron chi connectivity index (χ0n) is 16.4. The van der Waals surface area contributed by atoms with Crippen LogP contribution >= 0.6 is 0 Å². The highest BCUT2D eigenvalue weighted by atomic mass is 19.4. The summed E-state index contributed by atoms with van der Waals surface area (Å²) >= 11 is 0. The van der Waals surface area contributed by atoms with E-state index < -0.39 is 12.0 Å². The van der Waals surface area contributed by atoms with Crippen LogP contribution in [-0.4, -0.2) is 58.0 Å². The van der Waals surface area contributed by atoms with Gasteiger partial charge in [-0.1, -0.05) is 12.1 Å². The highest BCUT2D eigenvalue weighted by Crippen LogP contribution is 2.34. The van der Waals surface area contributed by atoms with Crippen molar-refractivity contribution in [3.05, 3.63) is 47.8 Å². The normalized spacial score (nSPS) is 22.1. The first-order valence-corrected chi connectivity index (χ1v) is 9.80. The number of hydrogen-bond donors (Lipinski definition) is 0. The minimum absolute atomic E-state index is 0.0936. The highest BCUT2D eigenvalue weighted by molar-refractivity contribution is 5.47. The van der Waals surface area contributed by atoms with Gasteiger partial charge in [0.2, 0.25) is 0 Å². The van der Waals surface area contributed by atoms with Crippen molar-refractivity contribution in [3.63, 3.8) is 0 Å². The quantitative estimate of drug-likeness (QED) is 0.650. The SMILES string of the molecule is COc1ccc(CN2CC3CN(c4ccc5nnc(C(F)(F)F)n5n4)CC3C2)cc1. The van der Waals surface area contributed by atoms with Crippen molar-refractivity contribution in [2.24, 2.45) is 11.8 Å². The van der Waals surface area contributed by atoms with E-state index in [-0.39, 0.29) is 5.65 Å². The lowest BCUT2D eigenvalue weighted by atomic mass is 10.0. The number of fused-ring (bicyclic) bond motifs is 2. The Labute approximate surface area is 171 Å². The van der Waals surface area contributed by atoms with Gasteiger partial charge in [0.05, 0.1) is 7.11 Å². The molecule has 5 rings (SSSR count). The molecule has 10 heteroatoms. The zero-order chi connectivity index (χ0) is 20.9. The van der Waals surface area contributed by atoms with E-state index in [9.17, 15) is 13.2 Å². The molecule has 158 valence electrons. The van der Waals surface area contributed by atoms with Gasteiger partial charge in [0.25, 0.3) is 5.82 Å². The molecule has 4 heterocycles. The smallest absolute Gasteiger partial charge is 0.453 e. The molecule has 0 saturated carbocycles. The minimum atomic E-state index is -4.59. The number of alkyl halides is 3. The number of hydrogen-bond acceptors (Lipinski definition) is 6. The maximum atomic E-state index is 13.1. The molecule has 7 nitrogen and oxygen atoms in total. The van der Waals surface area contributed by atoms with Crippen LogP contribution in [0.3, 0.4) is 0 Å². The van der Waals surface area contributed by atoms with Crippen molar-refractivity contribution >= 4 is 11.5 Å². The van der Waals surface area contributed by atoms with E-state index in [1.807, 2.05) is 12.1 Å². The van der Waals surface area contributed by atoms with Crippen molar-refractivity contribution in [1.29, 1.82) is 0 Å². The first kappa shape index (κ1) is 19.1. The molecule has 1 aromatic carbocycles. The van der Waals surface area contributed by atoms with Gasteiger partial charge in [0, 0.05) is 32.7 Å². The van der Waals surface area contributed by atoms with Gasteiger partial charge >= 0.3 is 6.18 Å². The Morgan fingerprint density at radius 1 is 0.967 bits per heavy atom. The summed E-state index contributed by atoms with van der Waals surface area (Å²) in [5.41, 5.74) is 1.34. The maximum Gasteiger partial charge on any atom is 0.453 e. The van der Waals surface area contributed by atoms with Crippen LogP contribution in [0, 0.1) is 11.8 Å². The van der Waals surface area contributed by atoms with E-state index >= 15 is 0 Å². The molecule has 2 fully saturated rings. The van der Waals surface area contributed by atoms with Crippen LogP contribution in [0.2, 0.25) is 0 Å². The summed E-state index contributed by atoms with van der Waals surface area (Å²) in [6, 6.07) is 11.4. The summed E-state index contributed by atoms with van der Waals surface area (Å²) in [4.78, 5) is 4.51. The van der Waals surface area contributed by atoms with E-state index in [0.717, 1.165) is 43.0 Å². The number of likely N-dealkylation sites (tertiary alicyclic amines) is 1. The molecule has 0 bridgehead atoms. The minimum Gasteiger partial charge on any atom is -0.497 e. The Kier molecular flexibility index (Phi) is 4.53. The second kappa shape index (κ2) is 7.12. The standard InChI is InChI=1S/C20H21F3N6O/c1-30-16-4-2-13(3-5-16)8-27-9-14-11-28(12-15(14)10-27)18-7-6-17-24-25-19(20(21,22)23)29(17)26-18/h2-7,14-15H,8-12H2,1H3. The van der Waals surface area contributed by atoms with Gasteiger partial charge in [-0.2, -0.15) is 17.7 Å². The lowest BCUT2D eigenvalue weighted by molar-refractivity contribution is -0.146. The molecule has 2 aliphatic rings. The number of methoxy groups -OCH3 is 1. The third-order valence-electron chi connectivity index (χ3n) is 5.95. The molecule has 3 aromatic rings. The van der Waals surface area contributed by atoms with Crippen LogP contribution in [0.15, 0.2) is 36.4 Å². The number of halogens is 3. The van der Waals surface area contributed by atoms with Gasteiger partial charge in [-0.3, -0.25) is 4.90 Å². The summed E-state index contributed by atoms with van der Waals surface area (Å²) in [5, 5.41) is 11.0. The topological polar surface area (TPSA) is 58.8 Å². The highest BCUT2D eigenvalue weighted by Gasteiger charge is 2.41. The average Bonchev–Trinajstić information content (AvgIpc) is 3.40. The van der Waals surface area contributed by atoms with Crippen LogP contribution in [-0.2, 0) is 12.7 Å². The molecule has 0 amide bonds. The summed E-state index contributed by atoms with van der Waals surface area (Å²) in [7, 11) is 1.66. The summed E-state index contributed by atoms with van der Waals surface area (Å²) in [6.45, 7) is 4.39. The number of anilines is 1. The Balaban J connectivity index is 1.26. The lowest BCUT2D eigenvalue weighted by Gasteiger charge is -2.22.